The molecule has 0 amide bonds. The Bertz CT molecular complexity index is 647. The molecule has 5 nitrogen and oxygen atoms in total. The van der Waals surface area contributed by atoms with Gasteiger partial charge in [0, 0.05) is 17.5 Å². The summed E-state index contributed by atoms with van der Waals surface area (Å²) in [5, 5.41) is 0. The quantitative estimate of drug-likeness (QED) is 0.941. The minimum atomic E-state index is -2.84. The summed E-state index contributed by atoms with van der Waals surface area (Å²) in [6.45, 7) is -1.82. The van der Waals surface area contributed by atoms with Gasteiger partial charge >= 0.3 is 6.61 Å². The number of rotatable bonds is 3. The van der Waals surface area contributed by atoms with Crippen LogP contribution in [-0.2, 0) is 17.8 Å². The van der Waals surface area contributed by atoms with Crippen molar-refractivity contribution in [2.24, 2.45) is 0 Å². The van der Waals surface area contributed by atoms with Crippen LogP contribution in [0.1, 0.15) is 11.3 Å². The molecule has 0 saturated heterocycles. The van der Waals surface area contributed by atoms with Crippen LogP contribution in [-0.4, -0.2) is 23.2 Å². The molecule has 0 fully saturated rings. The second kappa shape index (κ2) is 5.61. The van der Waals surface area contributed by atoms with Crippen molar-refractivity contribution in [3.63, 3.8) is 0 Å². The lowest BCUT2D eigenvalue weighted by Gasteiger charge is -2.17. The first-order chi connectivity index (χ1) is 10.1. The zero-order valence-corrected chi connectivity index (χ0v) is 11.1. The Labute approximate surface area is 119 Å². The number of hydrogen-bond donors (Lipinski definition) is 1. The summed E-state index contributed by atoms with van der Waals surface area (Å²) in [4.78, 5) is 8.72. The molecule has 110 valence electrons. The number of halogens is 2. The fourth-order valence-corrected chi connectivity index (χ4v) is 2.17. The third kappa shape index (κ3) is 2.92. The van der Waals surface area contributed by atoms with Crippen molar-refractivity contribution in [3.8, 4) is 17.1 Å². The third-order valence-corrected chi connectivity index (χ3v) is 3.19. The van der Waals surface area contributed by atoms with E-state index in [1.54, 1.807) is 12.1 Å². The summed E-state index contributed by atoms with van der Waals surface area (Å²) < 4.78 is 33.9. The van der Waals surface area contributed by atoms with E-state index in [2.05, 4.69) is 14.7 Å². The van der Waals surface area contributed by atoms with Gasteiger partial charge in [-0.15, -0.1) is 0 Å². The van der Waals surface area contributed by atoms with Crippen molar-refractivity contribution in [3.05, 3.63) is 35.5 Å². The van der Waals surface area contributed by atoms with Crippen LogP contribution in [0, 0.1) is 0 Å². The van der Waals surface area contributed by atoms with Gasteiger partial charge in [-0.05, 0) is 24.3 Å². The highest BCUT2D eigenvalue weighted by Crippen LogP contribution is 2.25. The van der Waals surface area contributed by atoms with Crippen LogP contribution in [0.4, 0.5) is 14.6 Å². The summed E-state index contributed by atoms with van der Waals surface area (Å²) in [6, 6.07) is 6.14. The molecule has 0 spiro atoms. The van der Waals surface area contributed by atoms with Gasteiger partial charge in [0.05, 0.1) is 18.9 Å². The van der Waals surface area contributed by atoms with E-state index < -0.39 is 6.61 Å². The minimum Gasteiger partial charge on any atom is -0.435 e. The van der Waals surface area contributed by atoms with Gasteiger partial charge in [0.2, 0.25) is 0 Å². The van der Waals surface area contributed by atoms with Crippen molar-refractivity contribution in [1.82, 2.24) is 9.97 Å². The van der Waals surface area contributed by atoms with E-state index in [4.69, 9.17) is 10.5 Å². The van der Waals surface area contributed by atoms with E-state index in [1.807, 2.05) is 0 Å². The lowest BCUT2D eigenvalue weighted by atomic mass is 10.1. The molecule has 0 unspecified atom stereocenters. The average molecular weight is 293 g/mol. The van der Waals surface area contributed by atoms with Crippen LogP contribution in [0.3, 0.4) is 0 Å². The molecule has 1 aliphatic rings. The van der Waals surface area contributed by atoms with Crippen molar-refractivity contribution in [1.29, 1.82) is 0 Å². The summed E-state index contributed by atoms with van der Waals surface area (Å²) in [7, 11) is 0. The van der Waals surface area contributed by atoms with E-state index in [-0.39, 0.29) is 5.75 Å². The van der Waals surface area contributed by atoms with Gasteiger partial charge in [-0.2, -0.15) is 8.78 Å². The van der Waals surface area contributed by atoms with Gasteiger partial charge in [0.25, 0.3) is 0 Å². The molecule has 2 N–H and O–H groups in total. The lowest BCUT2D eigenvalue weighted by molar-refractivity contribution is -0.0498. The predicted octanol–water partition coefficient (Wildman–Crippen LogP) is 2.40. The van der Waals surface area contributed by atoms with Gasteiger partial charge in [-0.3, -0.25) is 0 Å². The first-order valence-corrected chi connectivity index (χ1v) is 6.42. The standard InChI is InChI=1S/C14H13F2N3O2/c15-14(16)21-9-3-1-8(2-4-9)13-18-11-5-6-20-7-10(11)12(17)19-13/h1-4,14H,5-7H2,(H2,17,18,19). The number of anilines is 1. The topological polar surface area (TPSA) is 70.3 Å². The molecule has 0 aliphatic carbocycles. The van der Waals surface area contributed by atoms with Crippen LogP contribution in [0.5, 0.6) is 5.75 Å². The lowest BCUT2D eigenvalue weighted by Crippen LogP contribution is -2.16. The molecule has 1 aromatic carbocycles. The minimum absolute atomic E-state index is 0.0908. The van der Waals surface area contributed by atoms with Crippen molar-refractivity contribution in [2.75, 3.05) is 12.3 Å². The highest BCUT2D eigenvalue weighted by Gasteiger charge is 2.17. The third-order valence-electron chi connectivity index (χ3n) is 3.19. The Morgan fingerprint density at radius 1 is 1.19 bits per heavy atom. The first kappa shape index (κ1) is 13.7. The molecule has 2 heterocycles. The number of fused-ring (bicyclic) bond motifs is 1. The number of alkyl halides is 2. The summed E-state index contributed by atoms with van der Waals surface area (Å²) in [5.74, 6) is 0.951. The number of ether oxygens (including phenoxy) is 2. The Hall–Kier alpha value is -2.28. The van der Waals surface area contributed by atoms with Crippen LogP contribution in [0.15, 0.2) is 24.3 Å². The van der Waals surface area contributed by atoms with E-state index in [9.17, 15) is 8.78 Å². The number of benzene rings is 1. The van der Waals surface area contributed by atoms with Crippen LogP contribution in [0.2, 0.25) is 0 Å². The largest absolute Gasteiger partial charge is 0.435 e. The highest BCUT2D eigenvalue weighted by molar-refractivity contribution is 5.60. The molecular formula is C14H13F2N3O2. The van der Waals surface area contributed by atoms with Crippen LogP contribution >= 0.6 is 0 Å². The van der Waals surface area contributed by atoms with Gasteiger partial charge in [-0.1, -0.05) is 0 Å². The van der Waals surface area contributed by atoms with Gasteiger partial charge in [-0.25, -0.2) is 9.97 Å². The van der Waals surface area contributed by atoms with E-state index in [0.29, 0.717) is 36.8 Å². The molecule has 21 heavy (non-hydrogen) atoms. The molecule has 0 saturated carbocycles. The second-order valence-corrected chi connectivity index (χ2v) is 4.56. The van der Waals surface area contributed by atoms with Gasteiger partial charge < -0.3 is 15.2 Å². The molecule has 0 atom stereocenters. The molecule has 0 bridgehead atoms. The number of nitrogens with two attached hydrogens (primary N) is 1. The number of aromatic nitrogens is 2. The van der Waals surface area contributed by atoms with E-state index >= 15 is 0 Å². The molecule has 1 aromatic heterocycles. The number of nitrogens with zero attached hydrogens (tertiary/aromatic N) is 2. The SMILES string of the molecule is Nc1nc(-c2ccc(OC(F)F)cc2)nc2c1COCC2. The Morgan fingerprint density at radius 3 is 2.67 bits per heavy atom. The first-order valence-electron chi connectivity index (χ1n) is 6.42. The summed E-state index contributed by atoms with van der Waals surface area (Å²) >= 11 is 0. The number of hydrogen-bond acceptors (Lipinski definition) is 5. The molecule has 7 heteroatoms. The molecule has 2 aromatic rings. The number of nitrogen functional groups attached to an aromatic ring is 1. The Kier molecular flexibility index (Phi) is 3.66. The van der Waals surface area contributed by atoms with Crippen molar-refractivity contribution in [2.45, 2.75) is 19.6 Å². The maximum atomic E-state index is 12.1. The maximum Gasteiger partial charge on any atom is 0.387 e. The molecule has 1 aliphatic heterocycles. The van der Waals surface area contributed by atoms with Crippen LogP contribution in [0.25, 0.3) is 11.4 Å². The van der Waals surface area contributed by atoms with Gasteiger partial charge in [0.1, 0.15) is 11.6 Å². The molecule has 0 radical (unpaired) electrons. The zero-order valence-electron chi connectivity index (χ0n) is 11.1. The molecule has 3 rings (SSSR count). The predicted molar refractivity (Wildman–Crippen MR) is 71.9 cm³/mol. The normalized spacial score (nSPS) is 14.0. The maximum absolute atomic E-state index is 12.1. The van der Waals surface area contributed by atoms with Crippen molar-refractivity contribution >= 4 is 5.82 Å². The van der Waals surface area contributed by atoms with Crippen molar-refractivity contribution < 1.29 is 18.3 Å². The van der Waals surface area contributed by atoms with E-state index in [0.717, 1.165) is 11.3 Å². The molecular weight excluding hydrogens is 280 g/mol. The summed E-state index contributed by atoms with van der Waals surface area (Å²) in [5.41, 5.74) is 8.31. The average Bonchev–Trinajstić information content (AvgIpc) is 2.47. The van der Waals surface area contributed by atoms with E-state index in [1.165, 1.54) is 12.1 Å². The van der Waals surface area contributed by atoms with Crippen LogP contribution < -0.4 is 10.5 Å². The fourth-order valence-electron chi connectivity index (χ4n) is 2.17. The monoisotopic (exact) mass is 293 g/mol. The Morgan fingerprint density at radius 2 is 1.95 bits per heavy atom. The highest BCUT2D eigenvalue weighted by atomic mass is 19.3. The second-order valence-electron chi connectivity index (χ2n) is 4.56. The summed E-state index contributed by atoms with van der Waals surface area (Å²) in [6.07, 6.45) is 0.682. The fraction of sp³-hybridized carbons (Fsp3) is 0.286. The smallest absolute Gasteiger partial charge is 0.387 e. The zero-order chi connectivity index (χ0) is 14.8. The Balaban J connectivity index is 1.91. The van der Waals surface area contributed by atoms with Gasteiger partial charge in [0.15, 0.2) is 5.82 Å².